The molecule has 0 saturated carbocycles. The maximum atomic E-state index is 12.1. The number of hydrogen-bond acceptors (Lipinski definition) is 5. The van der Waals surface area contributed by atoms with Crippen molar-refractivity contribution in [2.45, 2.75) is 6.36 Å². The van der Waals surface area contributed by atoms with Gasteiger partial charge in [-0.1, -0.05) is 17.2 Å². The van der Waals surface area contributed by atoms with Crippen LogP contribution in [0, 0.1) is 0 Å². The summed E-state index contributed by atoms with van der Waals surface area (Å²) in [6, 6.07) is 9.77. The zero-order valence-electron chi connectivity index (χ0n) is 12.2. The van der Waals surface area contributed by atoms with Crippen LogP contribution in [0.15, 0.2) is 48.5 Å². The quantitative estimate of drug-likeness (QED) is 0.795. The lowest BCUT2D eigenvalue weighted by molar-refractivity contribution is -0.274. The van der Waals surface area contributed by atoms with Crippen LogP contribution in [0.5, 0.6) is 5.75 Å². The second-order valence-corrected chi connectivity index (χ2v) is 4.90. The number of fused-ring (bicyclic) bond motifs is 1. The third-order valence-electron chi connectivity index (χ3n) is 3.25. The van der Waals surface area contributed by atoms with E-state index in [-0.39, 0.29) is 16.7 Å². The monoisotopic (exact) mass is 351 g/mol. The average molecular weight is 351 g/mol. The molecule has 0 spiro atoms. The standard InChI is InChI=1S/C16H8F3NO5/c17-16(18,19)24-10-7-5-9(6-8-10)15(23)25-20-13(21)11-3-1-2-4-12(11)14(20)22/h1-8H. The van der Waals surface area contributed by atoms with Gasteiger partial charge in [0.2, 0.25) is 0 Å². The van der Waals surface area contributed by atoms with Crippen molar-refractivity contribution in [3.05, 3.63) is 65.2 Å². The number of alkyl halides is 3. The Hall–Kier alpha value is -3.36. The number of ether oxygens (including phenoxy) is 1. The summed E-state index contributed by atoms with van der Waals surface area (Å²) in [5.74, 6) is -3.20. The van der Waals surface area contributed by atoms with Gasteiger partial charge in [0, 0.05) is 0 Å². The van der Waals surface area contributed by atoms with Gasteiger partial charge < -0.3 is 9.57 Å². The van der Waals surface area contributed by atoms with Crippen molar-refractivity contribution in [3.8, 4) is 5.75 Å². The molecule has 1 aliphatic rings. The minimum absolute atomic E-state index is 0.0919. The van der Waals surface area contributed by atoms with E-state index in [1.165, 1.54) is 12.1 Å². The molecule has 2 amide bonds. The molecular weight excluding hydrogens is 343 g/mol. The molecule has 1 heterocycles. The van der Waals surface area contributed by atoms with E-state index in [4.69, 9.17) is 4.84 Å². The molecule has 0 saturated heterocycles. The van der Waals surface area contributed by atoms with Crippen LogP contribution in [0.25, 0.3) is 0 Å². The summed E-state index contributed by atoms with van der Waals surface area (Å²) >= 11 is 0. The van der Waals surface area contributed by atoms with Gasteiger partial charge in [-0.25, -0.2) is 4.79 Å². The van der Waals surface area contributed by atoms with Crippen LogP contribution in [0.3, 0.4) is 0 Å². The Morgan fingerprint density at radius 2 is 1.40 bits per heavy atom. The molecule has 0 radical (unpaired) electrons. The van der Waals surface area contributed by atoms with Gasteiger partial charge in [0.25, 0.3) is 11.8 Å². The van der Waals surface area contributed by atoms with Crippen molar-refractivity contribution >= 4 is 17.8 Å². The second kappa shape index (κ2) is 5.93. The summed E-state index contributed by atoms with van der Waals surface area (Å²) in [4.78, 5) is 40.9. The highest BCUT2D eigenvalue weighted by Crippen LogP contribution is 2.25. The van der Waals surface area contributed by atoms with Gasteiger partial charge in [0.05, 0.1) is 16.7 Å². The molecule has 25 heavy (non-hydrogen) atoms. The minimum atomic E-state index is -4.86. The van der Waals surface area contributed by atoms with Crippen molar-refractivity contribution in [1.29, 1.82) is 0 Å². The molecule has 2 aromatic rings. The lowest BCUT2D eigenvalue weighted by atomic mass is 10.1. The summed E-state index contributed by atoms with van der Waals surface area (Å²) in [5, 5.41) is 0.313. The molecule has 0 unspecified atom stereocenters. The number of halogens is 3. The maximum absolute atomic E-state index is 12.1. The van der Waals surface area contributed by atoms with Crippen LogP contribution in [-0.2, 0) is 4.84 Å². The highest BCUT2D eigenvalue weighted by atomic mass is 19.4. The molecule has 0 fully saturated rings. The van der Waals surface area contributed by atoms with Crippen LogP contribution in [0.2, 0.25) is 0 Å². The Bertz CT molecular complexity index is 826. The molecule has 0 N–H and O–H groups in total. The number of benzene rings is 2. The van der Waals surface area contributed by atoms with E-state index in [0.29, 0.717) is 5.06 Å². The zero-order valence-corrected chi connectivity index (χ0v) is 12.2. The van der Waals surface area contributed by atoms with E-state index >= 15 is 0 Å². The fraction of sp³-hybridized carbons (Fsp3) is 0.0625. The van der Waals surface area contributed by atoms with Crippen molar-refractivity contribution < 1.29 is 37.1 Å². The number of hydroxylamine groups is 2. The largest absolute Gasteiger partial charge is 0.573 e. The first kappa shape index (κ1) is 16.5. The third kappa shape index (κ3) is 3.30. The average Bonchev–Trinajstić information content (AvgIpc) is 2.79. The first-order valence-electron chi connectivity index (χ1n) is 6.82. The number of imide groups is 1. The van der Waals surface area contributed by atoms with Crippen LogP contribution in [-0.4, -0.2) is 29.2 Å². The van der Waals surface area contributed by atoms with Crippen molar-refractivity contribution in [2.75, 3.05) is 0 Å². The second-order valence-electron chi connectivity index (χ2n) is 4.90. The topological polar surface area (TPSA) is 72.9 Å². The van der Waals surface area contributed by atoms with Gasteiger partial charge in [0.15, 0.2) is 0 Å². The molecular formula is C16H8F3NO5. The molecule has 9 heteroatoms. The molecule has 0 aliphatic carbocycles. The van der Waals surface area contributed by atoms with Crippen molar-refractivity contribution in [2.24, 2.45) is 0 Å². The molecule has 0 bridgehead atoms. The lowest BCUT2D eigenvalue weighted by Crippen LogP contribution is -2.32. The van der Waals surface area contributed by atoms with E-state index in [0.717, 1.165) is 24.3 Å². The van der Waals surface area contributed by atoms with Gasteiger partial charge in [-0.05, 0) is 36.4 Å². The molecule has 0 atom stereocenters. The maximum Gasteiger partial charge on any atom is 0.573 e. The first-order chi connectivity index (χ1) is 11.8. The Labute approximate surface area is 138 Å². The highest BCUT2D eigenvalue weighted by molar-refractivity contribution is 6.21. The van der Waals surface area contributed by atoms with E-state index in [9.17, 15) is 27.6 Å². The Balaban J connectivity index is 1.73. The number of rotatable bonds is 3. The summed E-state index contributed by atoms with van der Waals surface area (Å²) in [6.45, 7) is 0. The fourth-order valence-electron chi connectivity index (χ4n) is 2.18. The third-order valence-corrected chi connectivity index (χ3v) is 3.25. The zero-order chi connectivity index (χ0) is 18.2. The van der Waals surface area contributed by atoms with Gasteiger partial charge in [-0.3, -0.25) is 9.59 Å². The minimum Gasteiger partial charge on any atom is -0.406 e. The number of amides is 2. The number of hydrogen-bond donors (Lipinski definition) is 0. The number of nitrogens with zero attached hydrogens (tertiary/aromatic N) is 1. The predicted molar refractivity (Wildman–Crippen MR) is 75.5 cm³/mol. The van der Waals surface area contributed by atoms with Gasteiger partial charge in [-0.2, -0.15) is 0 Å². The molecule has 128 valence electrons. The Kier molecular flexibility index (Phi) is 3.91. The first-order valence-corrected chi connectivity index (χ1v) is 6.82. The summed E-state index contributed by atoms with van der Waals surface area (Å²) < 4.78 is 40.0. The predicted octanol–water partition coefficient (Wildman–Crippen LogP) is 2.95. The van der Waals surface area contributed by atoms with Gasteiger partial charge in [-0.15, -0.1) is 13.2 Å². The van der Waals surface area contributed by atoms with Crippen LogP contribution in [0.1, 0.15) is 31.1 Å². The normalized spacial score (nSPS) is 13.6. The van der Waals surface area contributed by atoms with E-state index < -0.39 is 29.9 Å². The van der Waals surface area contributed by atoms with Gasteiger partial charge in [0.1, 0.15) is 5.75 Å². The van der Waals surface area contributed by atoms with E-state index in [1.54, 1.807) is 12.1 Å². The number of carbonyl (C=O) groups is 3. The SMILES string of the molecule is O=C(ON1C(=O)c2ccccc2C1=O)c1ccc(OC(F)(F)F)cc1. The van der Waals surface area contributed by atoms with Crippen LogP contribution >= 0.6 is 0 Å². The Morgan fingerprint density at radius 3 is 1.88 bits per heavy atom. The van der Waals surface area contributed by atoms with E-state index in [1.807, 2.05) is 0 Å². The highest BCUT2D eigenvalue weighted by Gasteiger charge is 2.38. The smallest absolute Gasteiger partial charge is 0.406 e. The molecule has 6 nitrogen and oxygen atoms in total. The van der Waals surface area contributed by atoms with Gasteiger partial charge >= 0.3 is 12.3 Å². The molecule has 3 rings (SSSR count). The molecule has 0 aromatic heterocycles. The summed E-state index contributed by atoms with van der Waals surface area (Å²) in [7, 11) is 0. The lowest BCUT2D eigenvalue weighted by Gasteiger charge is -2.13. The number of carbonyl (C=O) groups excluding carboxylic acids is 3. The van der Waals surface area contributed by atoms with E-state index in [2.05, 4.69) is 4.74 Å². The Morgan fingerprint density at radius 1 is 0.880 bits per heavy atom. The van der Waals surface area contributed by atoms with Crippen molar-refractivity contribution in [1.82, 2.24) is 5.06 Å². The molecule has 1 aliphatic heterocycles. The molecule has 2 aromatic carbocycles. The fourth-order valence-corrected chi connectivity index (χ4v) is 2.18. The summed E-state index contributed by atoms with van der Waals surface area (Å²) in [6.07, 6.45) is -4.86. The van der Waals surface area contributed by atoms with Crippen molar-refractivity contribution in [3.63, 3.8) is 0 Å². The van der Waals surface area contributed by atoms with Crippen LogP contribution in [0.4, 0.5) is 13.2 Å². The summed E-state index contributed by atoms with van der Waals surface area (Å²) in [5.41, 5.74) is 0.0227. The van der Waals surface area contributed by atoms with Crippen LogP contribution < -0.4 is 4.74 Å².